The van der Waals surface area contributed by atoms with E-state index in [1.807, 2.05) is 30.1 Å². The number of hydrogen-bond acceptors (Lipinski definition) is 5. The third-order valence-corrected chi connectivity index (χ3v) is 6.22. The summed E-state index contributed by atoms with van der Waals surface area (Å²) in [6, 6.07) is 3.81. The number of halogens is 1. The van der Waals surface area contributed by atoms with Gasteiger partial charge in [-0.2, -0.15) is 0 Å². The molecule has 7 nitrogen and oxygen atoms in total. The van der Waals surface area contributed by atoms with E-state index in [-0.39, 0.29) is 18.0 Å². The van der Waals surface area contributed by atoms with E-state index in [0.717, 1.165) is 43.7 Å². The highest BCUT2D eigenvalue weighted by atomic mass is 35.5. The number of likely N-dealkylation sites (tertiary alicyclic amines) is 1. The number of nitrogens with two attached hydrogens (primary N) is 1. The lowest BCUT2D eigenvalue weighted by molar-refractivity contribution is -0.170. The van der Waals surface area contributed by atoms with Crippen LogP contribution in [0.1, 0.15) is 41.0 Å². The quantitative estimate of drug-likeness (QED) is 0.823. The van der Waals surface area contributed by atoms with Crippen molar-refractivity contribution in [3.63, 3.8) is 0 Å². The Bertz CT molecular complexity index is 826. The first kappa shape index (κ1) is 20.8. The minimum absolute atomic E-state index is 0. The van der Waals surface area contributed by atoms with Crippen molar-refractivity contribution in [2.45, 2.75) is 31.4 Å². The van der Waals surface area contributed by atoms with Crippen LogP contribution in [0.3, 0.4) is 0 Å². The van der Waals surface area contributed by atoms with Crippen molar-refractivity contribution in [1.29, 1.82) is 0 Å². The summed E-state index contributed by atoms with van der Waals surface area (Å²) in [6.07, 6.45) is 9.03. The van der Waals surface area contributed by atoms with E-state index in [9.17, 15) is 4.79 Å². The fourth-order valence-corrected chi connectivity index (χ4v) is 5.16. The average Bonchev–Trinajstić information content (AvgIpc) is 3.06. The zero-order valence-electron chi connectivity index (χ0n) is 16.4. The molecule has 0 aromatic carbocycles. The Morgan fingerprint density at radius 2 is 2.04 bits per heavy atom. The highest BCUT2D eigenvalue weighted by Crippen LogP contribution is 2.51. The first-order valence-corrected chi connectivity index (χ1v) is 9.53. The van der Waals surface area contributed by atoms with Gasteiger partial charge in [0.2, 0.25) is 0 Å². The lowest BCUT2D eigenvalue weighted by Gasteiger charge is -2.55. The molecule has 2 aromatic rings. The number of fused-ring (bicyclic) bond motifs is 2. The number of carbonyl (C=O) groups excluding carboxylic acids is 1. The fourth-order valence-electron chi connectivity index (χ4n) is 5.16. The van der Waals surface area contributed by atoms with Gasteiger partial charge in [0.25, 0.3) is 5.91 Å². The third kappa shape index (κ3) is 3.54. The number of methoxy groups -OCH3 is 1. The summed E-state index contributed by atoms with van der Waals surface area (Å²) in [6.45, 7) is 2.76. The summed E-state index contributed by atoms with van der Waals surface area (Å²) in [5.74, 6) is 0.226. The molecule has 1 aliphatic carbocycles. The van der Waals surface area contributed by atoms with Gasteiger partial charge in [-0.3, -0.25) is 14.7 Å². The van der Waals surface area contributed by atoms with Crippen LogP contribution in [0.4, 0.5) is 0 Å². The molecule has 152 valence electrons. The molecule has 2 atom stereocenters. The van der Waals surface area contributed by atoms with Crippen LogP contribution in [0.25, 0.3) is 0 Å². The van der Waals surface area contributed by atoms with Gasteiger partial charge in [-0.05, 0) is 30.5 Å². The number of rotatable bonds is 5. The van der Waals surface area contributed by atoms with Crippen LogP contribution in [0.5, 0.6) is 0 Å². The first-order chi connectivity index (χ1) is 13.0. The largest absolute Gasteiger partial charge is 0.373 e. The molecular formula is C20H28ClN5O2. The molecule has 4 rings (SSSR count). The molecule has 0 radical (unpaired) electrons. The van der Waals surface area contributed by atoms with Gasteiger partial charge in [-0.1, -0.05) is 6.42 Å². The molecule has 1 aliphatic heterocycles. The minimum atomic E-state index is -0.499. The summed E-state index contributed by atoms with van der Waals surface area (Å²) < 4.78 is 8.23. The SMILES string of the molecule is COC1(c2ccnc(C(N)=O)c2)C2CCCC1CN(Cc1cn(C)cn1)C2.Cl. The smallest absolute Gasteiger partial charge is 0.267 e. The van der Waals surface area contributed by atoms with Gasteiger partial charge in [0.1, 0.15) is 11.3 Å². The molecule has 2 N–H and O–H groups in total. The number of piperidine rings is 1. The second-order valence-electron chi connectivity index (χ2n) is 7.84. The maximum Gasteiger partial charge on any atom is 0.267 e. The molecule has 3 heterocycles. The second-order valence-corrected chi connectivity index (χ2v) is 7.84. The number of aromatic nitrogens is 3. The number of nitrogens with zero attached hydrogens (tertiary/aromatic N) is 4. The molecule has 1 amide bonds. The highest BCUT2D eigenvalue weighted by molar-refractivity contribution is 5.90. The predicted octanol–water partition coefficient (Wildman–Crippen LogP) is 2.11. The summed E-state index contributed by atoms with van der Waals surface area (Å²) >= 11 is 0. The number of imidazole rings is 1. The number of ether oxygens (including phenoxy) is 1. The molecule has 8 heteroatoms. The Morgan fingerprint density at radius 3 is 2.61 bits per heavy atom. The van der Waals surface area contributed by atoms with Gasteiger partial charge < -0.3 is 15.0 Å². The topological polar surface area (TPSA) is 86.3 Å². The number of hydrogen-bond donors (Lipinski definition) is 1. The van der Waals surface area contributed by atoms with Crippen LogP contribution < -0.4 is 5.73 Å². The average molecular weight is 406 g/mol. The zero-order valence-corrected chi connectivity index (χ0v) is 17.2. The normalized spacial score (nSPS) is 27.2. The number of amides is 1. The molecule has 2 fully saturated rings. The lowest BCUT2D eigenvalue weighted by atomic mass is 9.62. The molecule has 2 aliphatic rings. The Balaban J connectivity index is 0.00000225. The van der Waals surface area contributed by atoms with Gasteiger partial charge in [0, 0.05) is 58.0 Å². The van der Waals surface area contributed by atoms with Crippen molar-refractivity contribution >= 4 is 18.3 Å². The van der Waals surface area contributed by atoms with E-state index in [2.05, 4.69) is 21.1 Å². The molecule has 0 spiro atoms. The standard InChI is InChI=1S/C20H27N5O2.ClH/c1-24-11-17(23-13-24)12-25-9-15-4-3-5-16(10-25)20(15,27-2)14-6-7-22-18(8-14)19(21)26;/h6-8,11,13,15-16H,3-5,9-10,12H2,1-2H3,(H2,21,26);1H. The molecule has 2 bridgehead atoms. The third-order valence-electron chi connectivity index (χ3n) is 6.22. The van der Waals surface area contributed by atoms with E-state index < -0.39 is 5.91 Å². The Hall–Kier alpha value is -1.96. The predicted molar refractivity (Wildman–Crippen MR) is 108 cm³/mol. The molecule has 1 saturated heterocycles. The lowest BCUT2D eigenvalue weighted by Crippen LogP contribution is -2.58. The van der Waals surface area contributed by atoms with Gasteiger partial charge in [-0.15, -0.1) is 12.4 Å². The van der Waals surface area contributed by atoms with Crippen molar-refractivity contribution in [1.82, 2.24) is 19.4 Å². The zero-order chi connectivity index (χ0) is 19.0. The van der Waals surface area contributed by atoms with Crippen LogP contribution in [-0.4, -0.2) is 45.5 Å². The van der Waals surface area contributed by atoms with Crippen LogP contribution in [-0.2, 0) is 23.9 Å². The summed E-state index contributed by atoms with van der Waals surface area (Å²) in [5.41, 5.74) is 7.51. The highest BCUT2D eigenvalue weighted by Gasteiger charge is 2.53. The molecule has 2 aromatic heterocycles. The summed E-state index contributed by atoms with van der Waals surface area (Å²) in [5, 5.41) is 0. The Labute approximate surface area is 171 Å². The van der Waals surface area contributed by atoms with E-state index in [1.165, 1.54) is 6.42 Å². The van der Waals surface area contributed by atoms with Gasteiger partial charge in [0.05, 0.1) is 12.0 Å². The van der Waals surface area contributed by atoms with Gasteiger partial charge >= 0.3 is 0 Å². The number of carbonyl (C=O) groups is 1. The Morgan fingerprint density at radius 1 is 1.32 bits per heavy atom. The van der Waals surface area contributed by atoms with Crippen LogP contribution in [0.2, 0.25) is 0 Å². The van der Waals surface area contributed by atoms with Gasteiger partial charge in [-0.25, -0.2) is 4.98 Å². The number of primary amides is 1. The Kier molecular flexibility index (Phi) is 6.07. The van der Waals surface area contributed by atoms with E-state index in [0.29, 0.717) is 17.5 Å². The van der Waals surface area contributed by atoms with E-state index in [1.54, 1.807) is 13.3 Å². The molecular weight excluding hydrogens is 378 g/mol. The maximum absolute atomic E-state index is 11.6. The second kappa shape index (κ2) is 8.19. The van der Waals surface area contributed by atoms with Crippen LogP contribution in [0.15, 0.2) is 30.9 Å². The van der Waals surface area contributed by atoms with Crippen LogP contribution in [0, 0.1) is 11.8 Å². The molecule has 28 heavy (non-hydrogen) atoms. The monoisotopic (exact) mass is 405 g/mol. The van der Waals surface area contributed by atoms with E-state index >= 15 is 0 Å². The summed E-state index contributed by atoms with van der Waals surface area (Å²) in [7, 11) is 3.79. The number of pyridine rings is 1. The van der Waals surface area contributed by atoms with Crippen molar-refractivity contribution in [2.24, 2.45) is 24.6 Å². The summed E-state index contributed by atoms with van der Waals surface area (Å²) in [4.78, 5) is 22.7. The molecule has 1 saturated carbocycles. The van der Waals surface area contributed by atoms with Crippen molar-refractivity contribution < 1.29 is 9.53 Å². The maximum atomic E-state index is 11.6. The van der Waals surface area contributed by atoms with Crippen molar-refractivity contribution in [3.8, 4) is 0 Å². The van der Waals surface area contributed by atoms with Gasteiger partial charge in [0.15, 0.2) is 0 Å². The van der Waals surface area contributed by atoms with Crippen molar-refractivity contribution in [2.75, 3.05) is 20.2 Å². The fraction of sp³-hybridized carbons (Fsp3) is 0.550. The minimum Gasteiger partial charge on any atom is -0.373 e. The first-order valence-electron chi connectivity index (χ1n) is 9.53. The number of aryl methyl sites for hydroxylation is 1. The van der Waals surface area contributed by atoms with E-state index in [4.69, 9.17) is 10.5 Å². The van der Waals surface area contributed by atoms with Crippen LogP contribution >= 0.6 is 12.4 Å². The molecule has 2 unspecified atom stereocenters. The van der Waals surface area contributed by atoms with Crippen molar-refractivity contribution in [3.05, 3.63) is 47.8 Å².